The van der Waals surface area contributed by atoms with Crippen LogP contribution < -0.4 is 10.6 Å². The lowest BCUT2D eigenvalue weighted by Gasteiger charge is -2.37. The average Bonchev–Trinajstić information content (AvgIpc) is 3.03. The van der Waals surface area contributed by atoms with Gasteiger partial charge in [0, 0.05) is 23.5 Å². The Morgan fingerprint density at radius 3 is 2.83 bits per heavy atom. The van der Waals surface area contributed by atoms with E-state index in [1.54, 1.807) is 6.21 Å². The fourth-order valence-corrected chi connectivity index (χ4v) is 4.51. The van der Waals surface area contributed by atoms with Gasteiger partial charge >= 0.3 is 0 Å². The molecule has 9 atom stereocenters. The molecule has 0 spiro atoms. The highest BCUT2D eigenvalue weighted by molar-refractivity contribution is 6.02. The molecule has 4 rings (SSSR count). The fourth-order valence-electron chi connectivity index (χ4n) is 4.51. The second kappa shape index (κ2) is 4.73. The van der Waals surface area contributed by atoms with Gasteiger partial charge in [0.05, 0.1) is 18.8 Å². The summed E-state index contributed by atoms with van der Waals surface area (Å²) in [5.74, 6) is -0.533. The monoisotopic (exact) mass is 324 g/mol. The third-order valence-electron chi connectivity index (χ3n) is 5.86. The van der Waals surface area contributed by atoms with Gasteiger partial charge in [0.2, 0.25) is 0 Å². The van der Waals surface area contributed by atoms with Crippen LogP contribution in [0.25, 0.3) is 0 Å². The van der Waals surface area contributed by atoms with Crippen LogP contribution in [0.4, 0.5) is 0 Å². The Morgan fingerprint density at radius 2 is 2.17 bits per heavy atom. The minimum Gasteiger partial charge on any atom is -0.394 e. The van der Waals surface area contributed by atoms with E-state index in [-0.39, 0.29) is 36.4 Å². The molecule has 0 aromatic rings. The van der Waals surface area contributed by atoms with E-state index >= 15 is 0 Å². The number of guanidine groups is 1. The fraction of sp³-hybridized carbons (Fsp3) is 0.786. The largest absolute Gasteiger partial charge is 0.394 e. The Bertz CT molecular complexity index is 598. The van der Waals surface area contributed by atoms with Gasteiger partial charge < -0.3 is 25.4 Å². The van der Waals surface area contributed by atoms with E-state index in [9.17, 15) is 20.1 Å². The molecule has 1 saturated carbocycles. The number of aliphatic imine (C=N–C) groups is 1. The second-order valence-electron chi connectivity index (χ2n) is 6.95. The van der Waals surface area contributed by atoms with Gasteiger partial charge in [-0.05, 0) is 0 Å². The number of carbonyl (C=O) groups is 1. The maximum atomic E-state index is 12.0. The molecule has 3 heterocycles. The minimum atomic E-state index is -1.13. The van der Waals surface area contributed by atoms with Crippen LogP contribution in [0.5, 0.6) is 0 Å². The first kappa shape index (κ1) is 15.0. The first-order valence-electron chi connectivity index (χ1n) is 7.71. The first-order valence-corrected chi connectivity index (χ1v) is 7.71. The van der Waals surface area contributed by atoms with Crippen molar-refractivity contribution in [2.75, 3.05) is 6.61 Å². The van der Waals surface area contributed by atoms with Gasteiger partial charge in [-0.25, -0.2) is 0 Å². The lowest BCUT2D eigenvalue weighted by molar-refractivity contribution is -0.123. The van der Waals surface area contributed by atoms with Crippen molar-refractivity contribution in [2.24, 2.45) is 22.2 Å². The molecule has 6 N–H and O–H groups in total. The van der Waals surface area contributed by atoms with E-state index in [4.69, 9.17) is 10.1 Å². The number of nitrogens with one attached hydrogen (secondary N) is 3. The molecule has 4 aliphatic rings. The summed E-state index contributed by atoms with van der Waals surface area (Å²) in [4.78, 5) is 16.3. The highest BCUT2D eigenvalue weighted by Gasteiger charge is 2.73. The molecular formula is C14H20N4O5. The van der Waals surface area contributed by atoms with Crippen molar-refractivity contribution < 1.29 is 24.9 Å². The van der Waals surface area contributed by atoms with Crippen molar-refractivity contribution in [3.8, 4) is 0 Å². The van der Waals surface area contributed by atoms with Crippen LogP contribution >= 0.6 is 0 Å². The molecule has 0 bridgehead atoms. The molecule has 9 heteroatoms. The summed E-state index contributed by atoms with van der Waals surface area (Å²) in [5, 5.41) is 42.5. The third kappa shape index (κ3) is 1.84. The Labute approximate surface area is 132 Å². The lowest BCUT2D eigenvalue weighted by Crippen LogP contribution is -2.64. The van der Waals surface area contributed by atoms with E-state index in [0.717, 1.165) is 0 Å². The Morgan fingerprint density at radius 1 is 1.43 bits per heavy atom. The maximum Gasteiger partial charge on any atom is 0.253 e. The van der Waals surface area contributed by atoms with Crippen molar-refractivity contribution in [1.82, 2.24) is 10.6 Å². The number of hydrogen-bond donors (Lipinski definition) is 6. The zero-order chi connectivity index (χ0) is 16.5. The summed E-state index contributed by atoms with van der Waals surface area (Å²) >= 11 is 0. The van der Waals surface area contributed by atoms with E-state index < -0.39 is 35.9 Å². The minimum absolute atomic E-state index is 0.0146. The number of aliphatic hydroxyl groups is 3. The van der Waals surface area contributed by atoms with Crippen molar-refractivity contribution in [2.45, 2.75) is 43.4 Å². The van der Waals surface area contributed by atoms with Gasteiger partial charge in [0.25, 0.3) is 5.91 Å². The van der Waals surface area contributed by atoms with Crippen molar-refractivity contribution in [3.05, 3.63) is 0 Å². The maximum absolute atomic E-state index is 12.0. The van der Waals surface area contributed by atoms with Gasteiger partial charge in [-0.15, -0.1) is 0 Å². The van der Waals surface area contributed by atoms with Crippen LogP contribution in [-0.2, 0) is 9.53 Å². The van der Waals surface area contributed by atoms with Crippen molar-refractivity contribution in [3.63, 3.8) is 0 Å². The molecule has 8 unspecified atom stereocenters. The molecule has 126 valence electrons. The van der Waals surface area contributed by atoms with E-state index in [1.807, 2.05) is 6.92 Å². The number of ether oxygens (including phenoxy) is 1. The van der Waals surface area contributed by atoms with E-state index in [1.165, 1.54) is 0 Å². The number of amides is 1. The number of nitrogens with zero attached hydrogens (tertiary/aromatic N) is 1. The number of fused-ring (bicyclic) bond motifs is 3. The van der Waals surface area contributed by atoms with Gasteiger partial charge in [-0.1, -0.05) is 6.92 Å². The van der Waals surface area contributed by atoms with Crippen LogP contribution in [0.1, 0.15) is 6.92 Å². The summed E-state index contributed by atoms with van der Waals surface area (Å²) in [6.45, 7) is 1.60. The molecule has 0 aromatic heterocycles. The Balaban J connectivity index is 1.62. The van der Waals surface area contributed by atoms with Crippen LogP contribution in [0.3, 0.4) is 0 Å². The number of carbonyl (C=O) groups excluding carboxylic acids is 1. The molecule has 1 aliphatic carbocycles. The second-order valence-corrected chi connectivity index (χ2v) is 6.95. The molecule has 3 fully saturated rings. The van der Waals surface area contributed by atoms with Crippen molar-refractivity contribution in [1.29, 1.82) is 5.41 Å². The summed E-state index contributed by atoms with van der Waals surface area (Å²) in [6.07, 6.45) is -1.96. The highest BCUT2D eigenvalue weighted by Crippen LogP contribution is 2.65. The molecule has 23 heavy (non-hydrogen) atoms. The normalized spacial score (nSPS) is 54.1. The summed E-state index contributed by atoms with van der Waals surface area (Å²) < 4.78 is 5.66. The number of aliphatic hydroxyl groups excluding tert-OH is 3. The molecule has 3 aliphatic heterocycles. The summed E-state index contributed by atoms with van der Waals surface area (Å²) in [6, 6.07) is -0.975. The van der Waals surface area contributed by atoms with Crippen LogP contribution in [0.2, 0.25) is 0 Å². The van der Waals surface area contributed by atoms with E-state index in [0.29, 0.717) is 0 Å². The zero-order valence-corrected chi connectivity index (χ0v) is 12.5. The number of hydrogen-bond acceptors (Lipinski definition) is 7. The van der Waals surface area contributed by atoms with Crippen molar-refractivity contribution >= 4 is 18.1 Å². The zero-order valence-electron chi connectivity index (χ0n) is 12.5. The van der Waals surface area contributed by atoms with Crippen LogP contribution in [0, 0.1) is 22.7 Å². The van der Waals surface area contributed by atoms with E-state index in [2.05, 4.69) is 15.6 Å². The quantitative estimate of drug-likeness (QED) is 0.323. The predicted octanol–water partition coefficient (Wildman–Crippen LogP) is -2.80. The topological polar surface area (TPSA) is 147 Å². The Kier molecular flexibility index (Phi) is 3.08. The molecule has 1 amide bonds. The summed E-state index contributed by atoms with van der Waals surface area (Å²) in [7, 11) is 0. The predicted molar refractivity (Wildman–Crippen MR) is 77.9 cm³/mol. The molecule has 0 radical (unpaired) electrons. The average molecular weight is 324 g/mol. The highest BCUT2D eigenvalue weighted by atomic mass is 16.6. The molecular weight excluding hydrogens is 304 g/mol. The standard InChI is InChI=1S/C14H20N4O5/c1-14-4(2-16-7-11(14)17-13(15)18-12(7)22)6(14)10-9(21)8(20)5(3-19)23-10/h2,4-11,19-21H,3H2,1H3,(H3,15,17,18,22)/t4?,5?,6?,7?,8?,9?,10-,11?,14?/m1/s1. The molecule has 0 aromatic carbocycles. The van der Waals surface area contributed by atoms with Gasteiger partial charge in [0.1, 0.15) is 24.4 Å². The Hall–Kier alpha value is -1.55. The molecule has 9 nitrogen and oxygen atoms in total. The smallest absolute Gasteiger partial charge is 0.253 e. The molecule has 2 saturated heterocycles. The number of rotatable bonds is 2. The summed E-state index contributed by atoms with van der Waals surface area (Å²) in [5.41, 5.74) is -0.411. The van der Waals surface area contributed by atoms with Gasteiger partial charge in [-0.2, -0.15) is 0 Å². The third-order valence-corrected chi connectivity index (χ3v) is 5.86. The van der Waals surface area contributed by atoms with Gasteiger partial charge in [-0.3, -0.25) is 20.5 Å². The SMILES string of the molecule is CC12C(C=NC3C(=O)NC(=N)NC31)C2[C@H]1OC(CO)C(O)C1O. The van der Waals surface area contributed by atoms with Gasteiger partial charge in [0.15, 0.2) is 5.96 Å². The van der Waals surface area contributed by atoms with Crippen LogP contribution in [-0.4, -0.2) is 76.5 Å². The lowest BCUT2D eigenvalue weighted by atomic mass is 9.84. The first-order chi connectivity index (χ1) is 10.9. The van der Waals surface area contributed by atoms with Crippen LogP contribution in [0.15, 0.2) is 4.99 Å².